The maximum absolute atomic E-state index is 14.5. The first-order chi connectivity index (χ1) is 13.0. The highest BCUT2D eigenvalue weighted by molar-refractivity contribution is 7.87. The fraction of sp³-hybridized carbons (Fsp3) is 0.375. The van der Waals surface area contributed by atoms with Gasteiger partial charge in [0.2, 0.25) is 5.88 Å². The van der Waals surface area contributed by atoms with E-state index in [4.69, 9.17) is 5.26 Å². The highest BCUT2D eigenvalue weighted by Crippen LogP contribution is 2.29. The van der Waals surface area contributed by atoms with Crippen molar-refractivity contribution in [1.82, 2.24) is 4.98 Å². The van der Waals surface area contributed by atoms with Gasteiger partial charge in [-0.05, 0) is 31.4 Å². The molecule has 0 saturated carbocycles. The van der Waals surface area contributed by atoms with Crippen molar-refractivity contribution >= 4 is 33.4 Å². The van der Waals surface area contributed by atoms with E-state index in [2.05, 4.69) is 15.1 Å². The van der Waals surface area contributed by atoms with Crippen LogP contribution in [0.25, 0.3) is 10.9 Å². The maximum atomic E-state index is 14.5. The quantitative estimate of drug-likeness (QED) is 0.296. The summed E-state index contributed by atoms with van der Waals surface area (Å²) in [5, 5.41) is 9.13. The van der Waals surface area contributed by atoms with Gasteiger partial charge >= 0.3 is 15.6 Å². The molecule has 0 saturated heterocycles. The average molecular weight is 417 g/mol. The van der Waals surface area contributed by atoms with Crippen molar-refractivity contribution in [3.8, 4) is 11.8 Å². The second-order valence-corrected chi connectivity index (χ2v) is 7.57. The van der Waals surface area contributed by atoms with Crippen LogP contribution in [-0.4, -0.2) is 38.7 Å². The molecule has 0 N–H and O–H groups in total. The number of benzene rings is 1. The van der Waals surface area contributed by atoms with E-state index in [-0.39, 0.29) is 17.6 Å². The van der Waals surface area contributed by atoms with Crippen LogP contribution in [0.15, 0.2) is 24.3 Å². The molecule has 0 radical (unpaired) electrons. The number of fused-ring (bicyclic) bond motifs is 1. The first-order valence-electron chi connectivity index (χ1n) is 8.24. The summed E-state index contributed by atoms with van der Waals surface area (Å²) in [6.07, 6.45) is 0.574. The normalized spacial score (nSPS) is 11.9. The van der Waals surface area contributed by atoms with Gasteiger partial charge in [0.15, 0.2) is 5.82 Å². The summed E-state index contributed by atoms with van der Waals surface area (Å²) in [4.78, 5) is 5.39. The molecule has 2 rings (SSSR count). The molecule has 0 spiro atoms. The number of nitriles is 1. The van der Waals surface area contributed by atoms with Crippen LogP contribution in [0.1, 0.15) is 6.92 Å². The van der Waals surface area contributed by atoms with E-state index in [1.165, 1.54) is 6.07 Å². The van der Waals surface area contributed by atoms with Crippen molar-refractivity contribution in [3.05, 3.63) is 30.1 Å². The number of nitrogens with zero attached hydrogens (tertiary/aromatic N) is 3. The molecule has 6 nitrogen and oxygen atoms in total. The lowest BCUT2D eigenvalue weighted by molar-refractivity contribution is -0.0501. The molecule has 0 fully saturated rings. The van der Waals surface area contributed by atoms with E-state index in [0.29, 0.717) is 25.1 Å². The number of rotatable bonds is 7. The number of aromatic nitrogens is 1. The topological polar surface area (TPSA) is 83.3 Å². The summed E-state index contributed by atoms with van der Waals surface area (Å²) in [6.45, 7) is 4.51. The average Bonchev–Trinajstić information content (AvgIpc) is 2.61. The van der Waals surface area contributed by atoms with E-state index in [0.717, 1.165) is 12.1 Å². The van der Waals surface area contributed by atoms with Gasteiger partial charge in [-0.2, -0.15) is 21.6 Å². The molecule has 1 aromatic heterocycles. The fourth-order valence-electron chi connectivity index (χ4n) is 2.43. The third-order valence-corrected chi connectivity index (χ3v) is 4.94. The summed E-state index contributed by atoms with van der Waals surface area (Å²) >= 11 is 0. The third kappa shape index (κ3) is 4.84. The van der Waals surface area contributed by atoms with Crippen LogP contribution >= 0.6 is 0 Å². The SMILES string of the molecule is CCN(CCB(C)C#N)c1cc(F)c2nc(OS(=O)(=O)C(F)(F)F)ccc2c1. The molecule has 1 aromatic carbocycles. The Labute approximate surface area is 159 Å². The molecular formula is C16H16BF4N3O3S. The number of halogens is 4. The smallest absolute Gasteiger partial charge is 0.372 e. The highest BCUT2D eigenvalue weighted by atomic mass is 32.2. The Morgan fingerprint density at radius 3 is 2.57 bits per heavy atom. The summed E-state index contributed by atoms with van der Waals surface area (Å²) < 4.78 is 77.8. The minimum atomic E-state index is -5.90. The first kappa shape index (κ1) is 21.8. The van der Waals surface area contributed by atoms with Gasteiger partial charge < -0.3 is 9.08 Å². The van der Waals surface area contributed by atoms with Gasteiger partial charge in [-0.15, -0.1) is 0 Å². The van der Waals surface area contributed by atoms with Gasteiger partial charge in [-0.25, -0.2) is 14.6 Å². The van der Waals surface area contributed by atoms with E-state index in [1.807, 2.05) is 11.8 Å². The van der Waals surface area contributed by atoms with Gasteiger partial charge in [0, 0.05) is 36.2 Å². The molecule has 0 aliphatic rings. The van der Waals surface area contributed by atoms with Crippen LogP contribution < -0.4 is 9.08 Å². The van der Waals surface area contributed by atoms with Gasteiger partial charge in [0.1, 0.15) is 5.52 Å². The van der Waals surface area contributed by atoms with E-state index < -0.39 is 27.3 Å². The predicted octanol–water partition coefficient (Wildman–Crippen LogP) is 3.62. The fourth-order valence-corrected chi connectivity index (χ4v) is 2.84. The molecule has 28 heavy (non-hydrogen) atoms. The zero-order chi connectivity index (χ0) is 21.1. The number of hydrogen-bond acceptors (Lipinski definition) is 6. The Morgan fingerprint density at radius 1 is 1.32 bits per heavy atom. The Kier molecular flexibility index (Phi) is 6.39. The second kappa shape index (κ2) is 8.22. The highest BCUT2D eigenvalue weighted by Gasteiger charge is 2.48. The van der Waals surface area contributed by atoms with Crippen molar-refractivity contribution in [1.29, 1.82) is 5.26 Å². The van der Waals surface area contributed by atoms with Gasteiger partial charge in [-0.3, -0.25) is 0 Å². The lowest BCUT2D eigenvalue weighted by Crippen LogP contribution is -2.28. The maximum Gasteiger partial charge on any atom is 0.534 e. The Balaban J connectivity index is 2.35. The molecule has 150 valence electrons. The summed E-state index contributed by atoms with van der Waals surface area (Å²) in [5.74, 6) is 0.397. The van der Waals surface area contributed by atoms with Crippen molar-refractivity contribution in [2.75, 3.05) is 18.0 Å². The molecule has 0 amide bonds. The molecule has 0 unspecified atom stereocenters. The molecule has 1 heterocycles. The van der Waals surface area contributed by atoms with Crippen molar-refractivity contribution < 1.29 is 30.2 Å². The van der Waals surface area contributed by atoms with Crippen LogP contribution in [0, 0.1) is 17.0 Å². The molecule has 2 aromatic rings. The largest absolute Gasteiger partial charge is 0.534 e. The lowest BCUT2D eigenvalue weighted by atomic mass is 9.51. The van der Waals surface area contributed by atoms with Crippen molar-refractivity contribution in [2.24, 2.45) is 0 Å². The van der Waals surface area contributed by atoms with Crippen LogP contribution in [-0.2, 0) is 10.1 Å². The standard InChI is InChI=1S/C16H16BF4N3O3S/c1-3-24(7-6-17(2)10-22)12-8-11-4-5-14(23-15(11)13(18)9-12)27-28(25,26)16(19,20)21/h4-5,8-9H,3,6-7H2,1-2H3. The summed E-state index contributed by atoms with van der Waals surface area (Å²) in [6, 6.07) is 4.87. The molecule has 0 bridgehead atoms. The third-order valence-electron chi connectivity index (χ3n) is 3.98. The van der Waals surface area contributed by atoms with Crippen molar-refractivity contribution in [2.45, 2.75) is 25.6 Å². The number of hydrogen-bond donors (Lipinski definition) is 0. The van der Waals surface area contributed by atoms with Crippen LogP contribution in [0.2, 0.25) is 13.1 Å². The zero-order valence-electron chi connectivity index (χ0n) is 15.0. The summed E-state index contributed by atoms with van der Waals surface area (Å²) in [7, 11) is -5.90. The van der Waals surface area contributed by atoms with E-state index >= 15 is 0 Å². The zero-order valence-corrected chi connectivity index (χ0v) is 15.8. The van der Waals surface area contributed by atoms with Gasteiger partial charge in [-0.1, -0.05) is 6.82 Å². The Bertz CT molecular complexity index is 1010. The van der Waals surface area contributed by atoms with Crippen LogP contribution in [0.4, 0.5) is 23.2 Å². The monoisotopic (exact) mass is 417 g/mol. The molecule has 0 atom stereocenters. The van der Waals surface area contributed by atoms with Crippen LogP contribution in [0.3, 0.4) is 0 Å². The second-order valence-electron chi connectivity index (χ2n) is 6.03. The minimum Gasteiger partial charge on any atom is -0.372 e. The Hall–Kier alpha value is -2.55. The number of anilines is 1. The molecular weight excluding hydrogens is 401 g/mol. The van der Waals surface area contributed by atoms with Gasteiger partial charge in [0.05, 0.1) is 0 Å². The molecule has 12 heteroatoms. The van der Waals surface area contributed by atoms with E-state index in [9.17, 15) is 26.0 Å². The summed E-state index contributed by atoms with van der Waals surface area (Å²) in [5.41, 5.74) is -5.43. The molecule has 0 aliphatic heterocycles. The molecule has 0 aliphatic carbocycles. The number of pyridine rings is 1. The van der Waals surface area contributed by atoms with Crippen LogP contribution in [0.5, 0.6) is 5.88 Å². The lowest BCUT2D eigenvalue weighted by Gasteiger charge is -2.24. The minimum absolute atomic E-state index is 0.170. The predicted molar refractivity (Wildman–Crippen MR) is 97.2 cm³/mol. The first-order valence-corrected chi connectivity index (χ1v) is 9.65. The van der Waals surface area contributed by atoms with Gasteiger partial charge in [0.25, 0.3) is 6.71 Å². The van der Waals surface area contributed by atoms with E-state index in [1.54, 1.807) is 12.9 Å². The Morgan fingerprint density at radius 2 is 2.00 bits per heavy atom. The number of alkyl halides is 3. The van der Waals surface area contributed by atoms with Crippen molar-refractivity contribution in [3.63, 3.8) is 0 Å².